The summed E-state index contributed by atoms with van der Waals surface area (Å²) in [4.78, 5) is 18.9. The van der Waals surface area contributed by atoms with Crippen LogP contribution in [0.25, 0.3) is 0 Å². The minimum atomic E-state index is -0.0239. The summed E-state index contributed by atoms with van der Waals surface area (Å²) in [7, 11) is 0. The van der Waals surface area contributed by atoms with Crippen LogP contribution >= 0.6 is 11.3 Å². The summed E-state index contributed by atoms with van der Waals surface area (Å²) >= 11 is 1.51. The van der Waals surface area contributed by atoms with E-state index in [9.17, 15) is 4.79 Å². The van der Waals surface area contributed by atoms with E-state index in [-0.39, 0.29) is 11.9 Å². The van der Waals surface area contributed by atoms with Crippen molar-refractivity contribution < 1.29 is 9.78 Å². The number of hydrogen-bond acceptors (Lipinski definition) is 2. The van der Waals surface area contributed by atoms with Gasteiger partial charge in [-0.2, -0.15) is 0 Å². The summed E-state index contributed by atoms with van der Waals surface area (Å²) in [6.45, 7) is 0.747. The zero-order valence-electron chi connectivity index (χ0n) is 12.6. The van der Waals surface area contributed by atoms with Gasteiger partial charge in [0.15, 0.2) is 12.4 Å². The number of H-pyrrole nitrogens is 1. The van der Waals surface area contributed by atoms with E-state index in [0.717, 1.165) is 23.4 Å². The summed E-state index contributed by atoms with van der Waals surface area (Å²) < 4.78 is 0. The Morgan fingerprint density at radius 1 is 1.09 bits per heavy atom. The van der Waals surface area contributed by atoms with Crippen molar-refractivity contribution in [1.29, 1.82) is 0 Å². The van der Waals surface area contributed by atoms with Crippen LogP contribution < -0.4 is 4.98 Å². The van der Waals surface area contributed by atoms with Crippen LogP contribution in [0.15, 0.2) is 66.3 Å². The number of carbonyl (C=O) groups excluding carboxylic acids is 1. The molecule has 1 unspecified atom stereocenters. The first kappa shape index (κ1) is 14.2. The Kier molecular flexibility index (Phi) is 3.67. The number of hydrogen-bond donors (Lipinski definition) is 0. The van der Waals surface area contributed by atoms with Crippen molar-refractivity contribution in [3.8, 4) is 0 Å². The van der Waals surface area contributed by atoms with Crippen molar-refractivity contribution >= 4 is 17.2 Å². The number of aromatic amines is 1. The molecule has 0 spiro atoms. The lowest BCUT2D eigenvalue weighted by Crippen LogP contribution is -2.40. The van der Waals surface area contributed by atoms with Gasteiger partial charge in [0.1, 0.15) is 0 Å². The first-order chi connectivity index (χ1) is 11.3. The van der Waals surface area contributed by atoms with Gasteiger partial charge in [-0.1, -0.05) is 30.3 Å². The third kappa shape index (κ3) is 2.55. The normalized spacial score (nSPS) is 16.9. The molecule has 114 valence electrons. The minimum Gasteiger partial charge on any atom is -0.326 e. The quantitative estimate of drug-likeness (QED) is 0.713. The fourth-order valence-corrected chi connectivity index (χ4v) is 3.95. The van der Waals surface area contributed by atoms with Gasteiger partial charge in [-0.15, -0.1) is 11.3 Å². The second kappa shape index (κ2) is 5.97. The third-order valence-corrected chi connectivity index (χ3v) is 5.19. The highest BCUT2D eigenvalue weighted by atomic mass is 32.1. The van der Waals surface area contributed by atoms with Crippen molar-refractivity contribution in [2.75, 3.05) is 6.54 Å². The Labute approximate surface area is 139 Å². The standard InChI is InChI=1S/C19H16N2OS/c22-19(17-6-3-13-23-17)21-12-9-14-4-1-2-5-16(14)18(21)15-7-10-20-11-8-15/h1-8,10-11,13,18H,9,12H2/p+1. The van der Waals surface area contributed by atoms with Crippen LogP contribution in [0.1, 0.15) is 32.4 Å². The molecule has 0 saturated carbocycles. The molecule has 1 aliphatic rings. The fraction of sp³-hybridized carbons (Fsp3) is 0.158. The van der Waals surface area contributed by atoms with Crippen LogP contribution in [0, 0.1) is 0 Å². The molecule has 1 N–H and O–H groups in total. The molecule has 3 nitrogen and oxygen atoms in total. The van der Waals surface area contributed by atoms with Crippen molar-refractivity contribution in [3.63, 3.8) is 0 Å². The second-order valence-corrected chi connectivity index (χ2v) is 6.61. The number of amides is 1. The molecular formula is C19H17N2OS+. The maximum atomic E-state index is 13.0. The van der Waals surface area contributed by atoms with Crippen LogP contribution in [-0.4, -0.2) is 17.4 Å². The molecule has 23 heavy (non-hydrogen) atoms. The maximum Gasteiger partial charge on any atom is 0.264 e. The Morgan fingerprint density at radius 2 is 1.91 bits per heavy atom. The summed E-state index contributed by atoms with van der Waals surface area (Å²) in [5.74, 6) is 0.118. The molecule has 0 aliphatic carbocycles. The van der Waals surface area contributed by atoms with Crippen LogP contribution in [0.5, 0.6) is 0 Å². The van der Waals surface area contributed by atoms with Crippen LogP contribution in [0.3, 0.4) is 0 Å². The fourth-order valence-electron chi connectivity index (χ4n) is 3.27. The number of rotatable bonds is 2. The van der Waals surface area contributed by atoms with Gasteiger partial charge in [0, 0.05) is 18.7 Å². The van der Waals surface area contributed by atoms with E-state index in [1.807, 2.05) is 34.8 Å². The van der Waals surface area contributed by atoms with Gasteiger partial charge in [0.25, 0.3) is 5.91 Å². The molecule has 3 aromatic rings. The molecular weight excluding hydrogens is 304 g/mol. The highest BCUT2D eigenvalue weighted by Crippen LogP contribution is 2.36. The lowest BCUT2D eigenvalue weighted by atomic mass is 9.88. The average molecular weight is 321 g/mol. The van der Waals surface area contributed by atoms with Crippen molar-refractivity contribution in [1.82, 2.24) is 4.90 Å². The van der Waals surface area contributed by atoms with Gasteiger partial charge in [0.05, 0.1) is 10.9 Å². The number of aromatic nitrogens is 1. The van der Waals surface area contributed by atoms with Gasteiger partial charge in [-0.3, -0.25) is 4.79 Å². The zero-order chi connectivity index (χ0) is 15.6. The summed E-state index contributed by atoms with van der Waals surface area (Å²) in [6.07, 6.45) is 4.74. The lowest BCUT2D eigenvalue weighted by Gasteiger charge is -2.37. The monoisotopic (exact) mass is 321 g/mol. The van der Waals surface area contributed by atoms with Gasteiger partial charge in [-0.25, -0.2) is 4.98 Å². The number of thiophene rings is 1. The molecule has 2 aromatic heterocycles. The molecule has 1 amide bonds. The highest BCUT2D eigenvalue weighted by Gasteiger charge is 2.32. The van der Waals surface area contributed by atoms with E-state index in [2.05, 4.69) is 41.4 Å². The van der Waals surface area contributed by atoms with E-state index in [1.54, 1.807) is 0 Å². The summed E-state index contributed by atoms with van der Waals surface area (Å²) in [5, 5.41) is 1.96. The topological polar surface area (TPSA) is 34.5 Å². The van der Waals surface area contributed by atoms with Gasteiger partial charge >= 0.3 is 0 Å². The number of nitrogens with zero attached hydrogens (tertiary/aromatic N) is 1. The lowest BCUT2D eigenvalue weighted by molar-refractivity contribution is -0.378. The van der Waals surface area contributed by atoms with E-state index in [0.29, 0.717) is 0 Å². The van der Waals surface area contributed by atoms with Crippen molar-refractivity contribution in [3.05, 3.63) is 87.9 Å². The van der Waals surface area contributed by atoms with Crippen molar-refractivity contribution in [2.45, 2.75) is 12.5 Å². The van der Waals surface area contributed by atoms with Gasteiger partial charge in [0.2, 0.25) is 0 Å². The maximum absolute atomic E-state index is 13.0. The van der Waals surface area contributed by atoms with Crippen LogP contribution in [-0.2, 0) is 6.42 Å². The van der Waals surface area contributed by atoms with Gasteiger partial charge < -0.3 is 4.90 Å². The number of benzene rings is 1. The second-order valence-electron chi connectivity index (χ2n) is 5.66. The first-order valence-electron chi connectivity index (χ1n) is 7.73. The molecule has 4 rings (SSSR count). The number of nitrogens with one attached hydrogen (secondary N) is 1. The Hall–Kier alpha value is -2.46. The first-order valence-corrected chi connectivity index (χ1v) is 8.61. The van der Waals surface area contributed by atoms with Gasteiger partial charge in [-0.05, 0) is 34.6 Å². The Bertz CT molecular complexity index is 814. The smallest absolute Gasteiger partial charge is 0.264 e. The summed E-state index contributed by atoms with van der Waals surface area (Å²) in [6, 6.07) is 16.4. The largest absolute Gasteiger partial charge is 0.326 e. The highest BCUT2D eigenvalue weighted by molar-refractivity contribution is 7.12. The number of pyridine rings is 1. The van der Waals surface area contributed by atoms with E-state index in [4.69, 9.17) is 0 Å². The average Bonchev–Trinajstić information content (AvgIpc) is 3.15. The predicted molar refractivity (Wildman–Crippen MR) is 90.3 cm³/mol. The molecule has 1 atom stereocenters. The molecule has 1 aliphatic heterocycles. The summed E-state index contributed by atoms with van der Waals surface area (Å²) in [5.41, 5.74) is 3.70. The number of carbonyl (C=O) groups is 1. The molecule has 0 fully saturated rings. The molecule has 3 heterocycles. The molecule has 1 aromatic carbocycles. The molecule has 0 radical (unpaired) electrons. The van der Waals surface area contributed by atoms with E-state index >= 15 is 0 Å². The van der Waals surface area contributed by atoms with Crippen LogP contribution in [0.2, 0.25) is 0 Å². The van der Waals surface area contributed by atoms with E-state index < -0.39 is 0 Å². The predicted octanol–water partition coefficient (Wildman–Crippen LogP) is 3.35. The molecule has 4 heteroatoms. The SMILES string of the molecule is O=C(c1cccs1)N1CCc2ccccc2C1c1cc[nH+]cc1. The molecule has 0 bridgehead atoms. The van der Waals surface area contributed by atoms with Crippen LogP contribution in [0.4, 0.5) is 0 Å². The minimum absolute atomic E-state index is 0.0239. The van der Waals surface area contributed by atoms with E-state index in [1.165, 1.54) is 22.5 Å². The number of fused-ring (bicyclic) bond motifs is 1. The third-order valence-electron chi connectivity index (χ3n) is 4.34. The Morgan fingerprint density at radius 3 is 2.70 bits per heavy atom. The van der Waals surface area contributed by atoms with Crippen molar-refractivity contribution in [2.24, 2.45) is 0 Å². The molecule has 0 saturated heterocycles. The Balaban J connectivity index is 1.81. The zero-order valence-corrected chi connectivity index (χ0v) is 13.4.